The van der Waals surface area contributed by atoms with Gasteiger partial charge in [0, 0.05) is 42.8 Å². The van der Waals surface area contributed by atoms with Gasteiger partial charge in [0.05, 0.1) is 6.61 Å². The summed E-state index contributed by atoms with van der Waals surface area (Å²) < 4.78 is 0. The van der Waals surface area contributed by atoms with E-state index in [0.717, 1.165) is 32.5 Å². The van der Waals surface area contributed by atoms with Crippen molar-refractivity contribution in [3.63, 3.8) is 0 Å². The van der Waals surface area contributed by atoms with Gasteiger partial charge in [-0.2, -0.15) is 0 Å². The first-order valence-corrected chi connectivity index (χ1v) is 8.62. The van der Waals surface area contributed by atoms with E-state index in [1.807, 2.05) is 0 Å². The molecular formula is C17H35N3O. The molecule has 0 aromatic rings. The summed E-state index contributed by atoms with van der Waals surface area (Å²) in [5.41, 5.74) is 0.188. The van der Waals surface area contributed by atoms with E-state index < -0.39 is 0 Å². The van der Waals surface area contributed by atoms with Crippen molar-refractivity contribution in [3.8, 4) is 0 Å². The maximum absolute atomic E-state index is 9.96. The molecule has 0 amide bonds. The molecule has 1 aliphatic heterocycles. The van der Waals surface area contributed by atoms with Crippen molar-refractivity contribution in [2.24, 2.45) is 0 Å². The molecule has 4 heteroatoms. The van der Waals surface area contributed by atoms with Gasteiger partial charge in [0.2, 0.25) is 0 Å². The van der Waals surface area contributed by atoms with Gasteiger partial charge in [0.15, 0.2) is 0 Å². The Labute approximate surface area is 130 Å². The smallest absolute Gasteiger partial charge is 0.0613 e. The molecule has 2 fully saturated rings. The third kappa shape index (κ3) is 3.98. The molecule has 2 rings (SSSR count). The number of aliphatic hydroxyl groups is 1. The lowest BCUT2D eigenvalue weighted by Crippen LogP contribution is -2.63. The molecule has 2 unspecified atom stereocenters. The maximum atomic E-state index is 9.96. The van der Waals surface area contributed by atoms with E-state index in [9.17, 15) is 5.11 Å². The van der Waals surface area contributed by atoms with Gasteiger partial charge in [-0.1, -0.05) is 13.8 Å². The fourth-order valence-electron chi connectivity index (χ4n) is 4.17. The molecule has 1 saturated carbocycles. The second-order valence-corrected chi connectivity index (χ2v) is 8.19. The molecule has 0 bridgehead atoms. The molecule has 0 spiro atoms. The second kappa shape index (κ2) is 6.53. The number of aliphatic hydroxyl groups excluding tert-OH is 1. The van der Waals surface area contributed by atoms with Crippen LogP contribution in [0.1, 0.15) is 53.4 Å². The summed E-state index contributed by atoms with van der Waals surface area (Å²) >= 11 is 0. The Bertz CT molecular complexity index is 345. The molecule has 0 aromatic heterocycles. The van der Waals surface area contributed by atoms with Crippen LogP contribution in [0.25, 0.3) is 0 Å². The van der Waals surface area contributed by atoms with Gasteiger partial charge in [-0.25, -0.2) is 0 Å². The van der Waals surface area contributed by atoms with Crippen molar-refractivity contribution in [1.82, 2.24) is 15.1 Å². The third-order valence-electron chi connectivity index (χ3n) is 5.58. The van der Waals surface area contributed by atoms with Crippen LogP contribution in [-0.4, -0.2) is 71.4 Å². The van der Waals surface area contributed by atoms with E-state index in [2.05, 4.69) is 49.9 Å². The highest BCUT2D eigenvalue weighted by atomic mass is 16.3. The summed E-state index contributed by atoms with van der Waals surface area (Å²) in [5.74, 6) is 0. The van der Waals surface area contributed by atoms with Crippen molar-refractivity contribution in [2.75, 3.05) is 33.3 Å². The first kappa shape index (κ1) is 17.2. The highest BCUT2D eigenvalue weighted by Crippen LogP contribution is 2.33. The van der Waals surface area contributed by atoms with Crippen molar-refractivity contribution in [2.45, 2.75) is 76.5 Å². The number of piperazine rings is 1. The highest BCUT2D eigenvalue weighted by molar-refractivity contribution is 4.99. The van der Waals surface area contributed by atoms with Gasteiger partial charge in [0.1, 0.15) is 0 Å². The van der Waals surface area contributed by atoms with Crippen LogP contribution in [0, 0.1) is 0 Å². The van der Waals surface area contributed by atoms with Crippen molar-refractivity contribution < 1.29 is 5.11 Å². The largest absolute Gasteiger partial charge is 0.394 e. The van der Waals surface area contributed by atoms with E-state index in [0.29, 0.717) is 12.1 Å². The molecule has 1 heterocycles. The number of nitrogens with one attached hydrogen (secondary N) is 1. The van der Waals surface area contributed by atoms with Crippen molar-refractivity contribution in [3.05, 3.63) is 0 Å². The molecule has 124 valence electrons. The van der Waals surface area contributed by atoms with Crippen LogP contribution in [0.3, 0.4) is 0 Å². The van der Waals surface area contributed by atoms with Crippen molar-refractivity contribution in [1.29, 1.82) is 0 Å². The summed E-state index contributed by atoms with van der Waals surface area (Å²) in [7, 11) is 2.23. The second-order valence-electron chi connectivity index (χ2n) is 8.19. The fourth-order valence-corrected chi connectivity index (χ4v) is 4.17. The molecule has 2 atom stereocenters. The molecule has 2 aliphatic rings. The molecule has 21 heavy (non-hydrogen) atoms. The number of likely N-dealkylation sites (N-methyl/N-ethyl adjacent to an activating group) is 1. The van der Waals surface area contributed by atoms with Gasteiger partial charge in [-0.05, 0) is 46.6 Å². The Balaban J connectivity index is 2.03. The van der Waals surface area contributed by atoms with Crippen LogP contribution in [-0.2, 0) is 0 Å². The number of nitrogens with zero attached hydrogens (tertiary/aromatic N) is 2. The average molecular weight is 297 g/mol. The van der Waals surface area contributed by atoms with Crippen LogP contribution in [0.2, 0.25) is 0 Å². The Morgan fingerprint density at radius 1 is 1.29 bits per heavy atom. The molecule has 4 nitrogen and oxygen atoms in total. The van der Waals surface area contributed by atoms with Crippen LogP contribution in [0.4, 0.5) is 0 Å². The zero-order valence-electron chi connectivity index (χ0n) is 14.7. The third-order valence-corrected chi connectivity index (χ3v) is 5.58. The zero-order chi connectivity index (χ0) is 15.7. The van der Waals surface area contributed by atoms with E-state index in [4.69, 9.17) is 0 Å². The maximum Gasteiger partial charge on any atom is 0.0613 e. The van der Waals surface area contributed by atoms with Crippen LogP contribution >= 0.6 is 0 Å². The molecular weight excluding hydrogens is 262 g/mol. The van der Waals surface area contributed by atoms with Gasteiger partial charge >= 0.3 is 0 Å². The lowest BCUT2D eigenvalue weighted by Gasteiger charge is -2.51. The summed E-state index contributed by atoms with van der Waals surface area (Å²) in [6.07, 6.45) is 4.69. The van der Waals surface area contributed by atoms with E-state index >= 15 is 0 Å². The monoisotopic (exact) mass is 297 g/mol. The molecule has 2 N–H and O–H groups in total. The van der Waals surface area contributed by atoms with Crippen molar-refractivity contribution >= 4 is 0 Å². The number of hydrogen-bond acceptors (Lipinski definition) is 4. The van der Waals surface area contributed by atoms with E-state index in [1.54, 1.807) is 0 Å². The SMILES string of the molecule is CC(C)NC1(CO)CCCC(N2CCN(C)C(C)(C)C2)C1. The van der Waals surface area contributed by atoms with Gasteiger partial charge in [-0.3, -0.25) is 9.80 Å². The Hall–Kier alpha value is -0.160. The minimum atomic E-state index is -0.0649. The fraction of sp³-hybridized carbons (Fsp3) is 1.00. The molecule has 0 aromatic carbocycles. The van der Waals surface area contributed by atoms with Gasteiger partial charge in [-0.15, -0.1) is 0 Å². The molecule has 1 saturated heterocycles. The average Bonchev–Trinajstić information content (AvgIpc) is 2.41. The number of hydrogen-bond donors (Lipinski definition) is 2. The summed E-state index contributed by atoms with van der Waals surface area (Å²) in [4.78, 5) is 5.14. The molecule has 1 aliphatic carbocycles. The summed E-state index contributed by atoms with van der Waals surface area (Å²) in [6.45, 7) is 12.7. The Morgan fingerprint density at radius 2 is 2.00 bits per heavy atom. The predicted molar refractivity (Wildman–Crippen MR) is 88.6 cm³/mol. The van der Waals surface area contributed by atoms with Crippen LogP contribution in [0.15, 0.2) is 0 Å². The van der Waals surface area contributed by atoms with E-state index in [1.165, 1.54) is 12.8 Å². The van der Waals surface area contributed by atoms with E-state index in [-0.39, 0.29) is 17.7 Å². The van der Waals surface area contributed by atoms with Gasteiger partial charge in [0.25, 0.3) is 0 Å². The topological polar surface area (TPSA) is 38.7 Å². The first-order chi connectivity index (χ1) is 9.78. The van der Waals surface area contributed by atoms with Crippen LogP contribution in [0.5, 0.6) is 0 Å². The highest BCUT2D eigenvalue weighted by Gasteiger charge is 2.41. The normalized spacial score (nSPS) is 35.3. The minimum absolute atomic E-state index is 0.0649. The zero-order valence-corrected chi connectivity index (χ0v) is 14.7. The predicted octanol–water partition coefficient (Wildman–Crippen LogP) is 1.68. The lowest BCUT2D eigenvalue weighted by atomic mass is 9.77. The standard InChI is InChI=1S/C17H35N3O/c1-14(2)18-17(13-21)8-6-7-15(11-17)20-10-9-19(5)16(3,4)12-20/h14-15,18,21H,6-13H2,1-5H3. The van der Waals surface area contributed by atoms with Gasteiger partial charge < -0.3 is 10.4 Å². The Kier molecular flexibility index (Phi) is 5.35. The molecule has 0 radical (unpaired) electrons. The first-order valence-electron chi connectivity index (χ1n) is 8.62. The lowest BCUT2D eigenvalue weighted by molar-refractivity contribution is -0.0132. The van der Waals surface area contributed by atoms with Crippen LogP contribution < -0.4 is 5.32 Å². The summed E-state index contributed by atoms with van der Waals surface area (Å²) in [6, 6.07) is 1.05. The minimum Gasteiger partial charge on any atom is -0.394 e. The summed E-state index contributed by atoms with van der Waals surface area (Å²) in [5, 5.41) is 13.6. The quantitative estimate of drug-likeness (QED) is 0.828. The Morgan fingerprint density at radius 3 is 2.57 bits per heavy atom. The number of rotatable bonds is 4.